The number of hydrogen-bond acceptors (Lipinski definition) is 3. The second kappa shape index (κ2) is 7.04. The summed E-state index contributed by atoms with van der Waals surface area (Å²) in [6, 6.07) is 11.5. The van der Waals surface area contributed by atoms with Gasteiger partial charge < -0.3 is 15.2 Å². The van der Waals surface area contributed by atoms with Crippen molar-refractivity contribution < 1.29 is 13.9 Å². The largest absolute Gasteiger partial charge is 0.490 e. The first kappa shape index (κ1) is 15.3. The summed E-state index contributed by atoms with van der Waals surface area (Å²) in [5, 5.41) is 0. The summed E-state index contributed by atoms with van der Waals surface area (Å²) in [6.45, 7) is 2.58. The first-order chi connectivity index (χ1) is 10.1. The SMILES string of the molecule is CCCOc1ccccc1Oc1ccc(C(N)=S)cc1F. The number of benzene rings is 2. The van der Waals surface area contributed by atoms with Crippen molar-refractivity contribution in [2.24, 2.45) is 5.73 Å². The van der Waals surface area contributed by atoms with E-state index >= 15 is 0 Å². The third kappa shape index (κ3) is 3.92. The summed E-state index contributed by atoms with van der Waals surface area (Å²) in [5.41, 5.74) is 5.93. The highest BCUT2D eigenvalue weighted by atomic mass is 32.1. The monoisotopic (exact) mass is 305 g/mol. The summed E-state index contributed by atoms with van der Waals surface area (Å²) in [5.74, 6) is 0.623. The zero-order valence-electron chi connectivity index (χ0n) is 11.6. The molecule has 0 amide bonds. The summed E-state index contributed by atoms with van der Waals surface area (Å²) in [4.78, 5) is 0.145. The van der Waals surface area contributed by atoms with E-state index in [2.05, 4.69) is 0 Å². The van der Waals surface area contributed by atoms with E-state index in [0.29, 0.717) is 23.7 Å². The Balaban J connectivity index is 2.24. The van der Waals surface area contributed by atoms with Crippen molar-refractivity contribution in [1.29, 1.82) is 0 Å². The highest BCUT2D eigenvalue weighted by molar-refractivity contribution is 7.80. The summed E-state index contributed by atoms with van der Waals surface area (Å²) in [7, 11) is 0. The van der Waals surface area contributed by atoms with Crippen LogP contribution in [0.3, 0.4) is 0 Å². The molecule has 2 rings (SSSR count). The molecular formula is C16H16FNO2S. The van der Waals surface area contributed by atoms with Crippen LogP contribution in [0.4, 0.5) is 4.39 Å². The van der Waals surface area contributed by atoms with E-state index in [1.165, 1.54) is 12.1 Å². The topological polar surface area (TPSA) is 44.5 Å². The van der Waals surface area contributed by atoms with Crippen molar-refractivity contribution in [2.75, 3.05) is 6.61 Å². The number of thiocarbonyl (C=S) groups is 1. The molecule has 0 radical (unpaired) electrons. The number of rotatable bonds is 6. The molecule has 0 saturated heterocycles. The van der Waals surface area contributed by atoms with Gasteiger partial charge in [-0.15, -0.1) is 0 Å². The highest BCUT2D eigenvalue weighted by Crippen LogP contribution is 2.32. The van der Waals surface area contributed by atoms with Gasteiger partial charge in [0.05, 0.1) is 6.61 Å². The maximum Gasteiger partial charge on any atom is 0.169 e. The minimum atomic E-state index is -0.523. The molecule has 0 aliphatic rings. The van der Waals surface area contributed by atoms with Crippen molar-refractivity contribution in [1.82, 2.24) is 0 Å². The second-order valence-corrected chi connectivity index (χ2v) is 4.85. The van der Waals surface area contributed by atoms with Crippen LogP contribution in [0.5, 0.6) is 17.2 Å². The zero-order chi connectivity index (χ0) is 15.2. The average Bonchev–Trinajstić information content (AvgIpc) is 2.48. The average molecular weight is 305 g/mol. The van der Waals surface area contributed by atoms with E-state index < -0.39 is 5.82 Å². The van der Waals surface area contributed by atoms with Gasteiger partial charge in [0.15, 0.2) is 23.1 Å². The summed E-state index contributed by atoms with van der Waals surface area (Å²) < 4.78 is 25.2. The molecule has 110 valence electrons. The van der Waals surface area contributed by atoms with E-state index in [9.17, 15) is 4.39 Å². The van der Waals surface area contributed by atoms with Gasteiger partial charge >= 0.3 is 0 Å². The summed E-state index contributed by atoms with van der Waals surface area (Å²) in [6.07, 6.45) is 0.880. The fourth-order valence-corrected chi connectivity index (χ4v) is 1.85. The van der Waals surface area contributed by atoms with E-state index in [0.717, 1.165) is 6.42 Å². The molecule has 0 bridgehead atoms. The normalized spacial score (nSPS) is 10.2. The van der Waals surface area contributed by atoms with Gasteiger partial charge in [-0.3, -0.25) is 0 Å². The van der Waals surface area contributed by atoms with Crippen LogP contribution in [0.2, 0.25) is 0 Å². The van der Waals surface area contributed by atoms with Crippen LogP contribution in [0, 0.1) is 5.82 Å². The Morgan fingerprint density at radius 2 is 1.86 bits per heavy atom. The molecular weight excluding hydrogens is 289 g/mol. The Morgan fingerprint density at radius 1 is 1.14 bits per heavy atom. The number of nitrogens with two attached hydrogens (primary N) is 1. The van der Waals surface area contributed by atoms with Gasteiger partial charge in [-0.25, -0.2) is 4.39 Å². The van der Waals surface area contributed by atoms with Crippen molar-refractivity contribution in [3.8, 4) is 17.2 Å². The smallest absolute Gasteiger partial charge is 0.169 e. The van der Waals surface area contributed by atoms with E-state index in [1.807, 2.05) is 13.0 Å². The molecule has 0 saturated carbocycles. The molecule has 0 aromatic heterocycles. The van der Waals surface area contributed by atoms with Crippen LogP contribution < -0.4 is 15.2 Å². The Morgan fingerprint density at radius 3 is 2.48 bits per heavy atom. The van der Waals surface area contributed by atoms with Gasteiger partial charge in [-0.1, -0.05) is 31.3 Å². The molecule has 0 aliphatic heterocycles. The zero-order valence-corrected chi connectivity index (χ0v) is 12.5. The molecule has 2 N–H and O–H groups in total. The first-order valence-electron chi connectivity index (χ1n) is 6.61. The van der Waals surface area contributed by atoms with Crippen molar-refractivity contribution in [3.05, 3.63) is 53.8 Å². The predicted octanol–water partition coefficient (Wildman–Crippen LogP) is 4.04. The van der Waals surface area contributed by atoms with Crippen LogP contribution in [0.25, 0.3) is 0 Å². The fraction of sp³-hybridized carbons (Fsp3) is 0.188. The van der Waals surface area contributed by atoms with E-state index in [-0.39, 0.29) is 10.7 Å². The molecule has 2 aromatic rings. The van der Waals surface area contributed by atoms with Crippen LogP contribution in [-0.2, 0) is 0 Å². The number of para-hydroxylation sites is 2. The number of halogens is 1. The van der Waals surface area contributed by atoms with Crippen molar-refractivity contribution >= 4 is 17.2 Å². The molecule has 0 heterocycles. The van der Waals surface area contributed by atoms with Crippen LogP contribution in [-0.4, -0.2) is 11.6 Å². The lowest BCUT2D eigenvalue weighted by atomic mass is 10.2. The minimum absolute atomic E-state index is 0.0996. The lowest BCUT2D eigenvalue weighted by Gasteiger charge is -2.12. The van der Waals surface area contributed by atoms with Gasteiger partial charge in [0, 0.05) is 5.56 Å². The van der Waals surface area contributed by atoms with Gasteiger partial charge in [-0.05, 0) is 36.8 Å². The minimum Gasteiger partial charge on any atom is -0.490 e. The molecule has 0 aliphatic carbocycles. The Labute approximate surface area is 128 Å². The van der Waals surface area contributed by atoms with Gasteiger partial charge in [0.1, 0.15) is 4.99 Å². The molecule has 3 nitrogen and oxygen atoms in total. The Kier molecular flexibility index (Phi) is 5.11. The molecule has 21 heavy (non-hydrogen) atoms. The number of hydrogen-bond donors (Lipinski definition) is 1. The molecule has 0 atom stereocenters. The second-order valence-electron chi connectivity index (χ2n) is 4.41. The third-order valence-electron chi connectivity index (χ3n) is 2.75. The lowest BCUT2D eigenvalue weighted by Crippen LogP contribution is -2.09. The highest BCUT2D eigenvalue weighted by Gasteiger charge is 2.10. The molecule has 0 unspecified atom stereocenters. The standard InChI is InChI=1S/C16H16FNO2S/c1-2-9-19-14-5-3-4-6-15(14)20-13-8-7-11(16(18)21)10-12(13)17/h3-8,10H,2,9H2,1H3,(H2,18,21). The van der Waals surface area contributed by atoms with Crippen molar-refractivity contribution in [3.63, 3.8) is 0 Å². The van der Waals surface area contributed by atoms with E-state index in [4.69, 9.17) is 27.4 Å². The Hall–Kier alpha value is -2.14. The van der Waals surface area contributed by atoms with Crippen LogP contribution in [0.1, 0.15) is 18.9 Å². The molecule has 0 spiro atoms. The van der Waals surface area contributed by atoms with Crippen LogP contribution in [0.15, 0.2) is 42.5 Å². The summed E-state index contributed by atoms with van der Waals surface area (Å²) >= 11 is 4.81. The molecule has 5 heteroatoms. The maximum atomic E-state index is 14.0. The lowest BCUT2D eigenvalue weighted by molar-refractivity contribution is 0.300. The fourth-order valence-electron chi connectivity index (χ4n) is 1.72. The van der Waals surface area contributed by atoms with Gasteiger partial charge in [-0.2, -0.15) is 0 Å². The molecule has 0 fully saturated rings. The quantitative estimate of drug-likeness (QED) is 0.818. The van der Waals surface area contributed by atoms with Gasteiger partial charge in [0.25, 0.3) is 0 Å². The Bertz CT molecular complexity index is 646. The molecule has 2 aromatic carbocycles. The first-order valence-corrected chi connectivity index (χ1v) is 7.01. The van der Waals surface area contributed by atoms with Crippen molar-refractivity contribution in [2.45, 2.75) is 13.3 Å². The maximum absolute atomic E-state index is 14.0. The van der Waals surface area contributed by atoms with E-state index in [1.54, 1.807) is 24.3 Å². The third-order valence-corrected chi connectivity index (χ3v) is 2.98. The van der Waals surface area contributed by atoms with Gasteiger partial charge in [0.2, 0.25) is 0 Å². The van der Waals surface area contributed by atoms with Crippen LogP contribution >= 0.6 is 12.2 Å². The predicted molar refractivity (Wildman–Crippen MR) is 84.6 cm³/mol. The number of ether oxygens (including phenoxy) is 2.